The highest BCUT2D eigenvalue weighted by Gasteiger charge is 2.50. The number of primary sulfonamides is 1. The summed E-state index contributed by atoms with van der Waals surface area (Å²) >= 11 is 0. The Morgan fingerprint density at radius 1 is 1.46 bits per heavy atom. The lowest BCUT2D eigenvalue weighted by Crippen LogP contribution is -2.51. The fourth-order valence-corrected chi connectivity index (χ4v) is 2.74. The molecule has 2 aliphatic rings. The summed E-state index contributed by atoms with van der Waals surface area (Å²) in [5.74, 6) is -0.0869. The van der Waals surface area contributed by atoms with Crippen molar-refractivity contribution in [1.82, 2.24) is 0 Å². The summed E-state index contributed by atoms with van der Waals surface area (Å²) in [5, 5.41) is 4.97. The van der Waals surface area contributed by atoms with Gasteiger partial charge in [0.1, 0.15) is 0 Å². The average Bonchev–Trinajstić information content (AvgIpc) is 2.25. The van der Waals surface area contributed by atoms with Crippen molar-refractivity contribution in [3.63, 3.8) is 0 Å². The monoisotopic (exact) mass is 207 g/mol. The van der Waals surface area contributed by atoms with Crippen LogP contribution in [0.1, 0.15) is 6.42 Å². The Labute approximate surface area is 77.2 Å². The second-order valence-electron chi connectivity index (χ2n) is 3.79. The molecule has 6 heteroatoms. The first-order valence-corrected chi connectivity index (χ1v) is 5.93. The van der Waals surface area contributed by atoms with E-state index in [-0.39, 0.29) is 17.3 Å². The minimum atomic E-state index is -3.44. The van der Waals surface area contributed by atoms with E-state index in [2.05, 4.69) is 0 Å². The van der Waals surface area contributed by atoms with Gasteiger partial charge in [0.2, 0.25) is 10.0 Å². The maximum absolute atomic E-state index is 10.9. The van der Waals surface area contributed by atoms with Gasteiger partial charge in [-0.25, -0.2) is 13.6 Å². The van der Waals surface area contributed by atoms with E-state index in [9.17, 15) is 8.42 Å². The molecule has 5 nitrogen and oxygen atoms in total. The molecule has 13 heavy (non-hydrogen) atoms. The standard InChI is InChI=1S/C7H13NO4S/c8-13(9,10)3-6-7(1-2-12-6)4-11-5-7/h6H,1-5H2,(H2,8,9,10). The van der Waals surface area contributed by atoms with Crippen LogP contribution in [0.5, 0.6) is 0 Å². The van der Waals surface area contributed by atoms with Gasteiger partial charge in [-0.15, -0.1) is 0 Å². The Bertz CT molecular complexity index is 296. The van der Waals surface area contributed by atoms with Crippen molar-refractivity contribution < 1.29 is 17.9 Å². The molecule has 0 bridgehead atoms. The maximum atomic E-state index is 10.9. The molecule has 2 rings (SSSR count). The summed E-state index contributed by atoms with van der Waals surface area (Å²) < 4.78 is 32.2. The van der Waals surface area contributed by atoms with Crippen molar-refractivity contribution in [2.24, 2.45) is 10.6 Å². The predicted molar refractivity (Wildman–Crippen MR) is 45.6 cm³/mol. The van der Waals surface area contributed by atoms with E-state index < -0.39 is 10.0 Å². The molecule has 0 radical (unpaired) electrons. The van der Waals surface area contributed by atoms with Crippen LogP contribution in [-0.2, 0) is 19.5 Å². The molecule has 0 aromatic heterocycles. The van der Waals surface area contributed by atoms with Gasteiger partial charge >= 0.3 is 0 Å². The zero-order chi connectivity index (χ0) is 9.53. The van der Waals surface area contributed by atoms with E-state index >= 15 is 0 Å². The summed E-state index contributed by atoms with van der Waals surface area (Å²) in [6.45, 7) is 1.82. The zero-order valence-electron chi connectivity index (χ0n) is 7.23. The second kappa shape index (κ2) is 2.91. The van der Waals surface area contributed by atoms with Crippen LogP contribution in [0.15, 0.2) is 0 Å². The summed E-state index contributed by atoms with van der Waals surface area (Å²) in [4.78, 5) is 0. The van der Waals surface area contributed by atoms with Crippen LogP contribution in [0.4, 0.5) is 0 Å². The van der Waals surface area contributed by atoms with E-state index in [1.54, 1.807) is 0 Å². The smallest absolute Gasteiger partial charge is 0.211 e. The SMILES string of the molecule is NS(=O)(=O)CC1OCCC12COC2. The first-order chi connectivity index (χ1) is 6.02. The van der Waals surface area contributed by atoms with E-state index in [0.29, 0.717) is 19.8 Å². The summed E-state index contributed by atoms with van der Waals surface area (Å²) in [6.07, 6.45) is 0.615. The molecular formula is C7H13NO4S. The van der Waals surface area contributed by atoms with Crippen LogP contribution in [0.2, 0.25) is 0 Å². The topological polar surface area (TPSA) is 78.6 Å². The van der Waals surface area contributed by atoms with Gasteiger partial charge in [0, 0.05) is 12.0 Å². The van der Waals surface area contributed by atoms with Gasteiger partial charge in [0.05, 0.1) is 25.1 Å². The number of hydrogen-bond acceptors (Lipinski definition) is 4. The zero-order valence-corrected chi connectivity index (χ0v) is 8.05. The van der Waals surface area contributed by atoms with Crippen LogP contribution >= 0.6 is 0 Å². The molecule has 0 aromatic carbocycles. The first kappa shape index (κ1) is 9.39. The second-order valence-corrected chi connectivity index (χ2v) is 5.45. The van der Waals surface area contributed by atoms with Crippen molar-refractivity contribution in [2.45, 2.75) is 12.5 Å². The Balaban J connectivity index is 2.06. The highest BCUT2D eigenvalue weighted by molar-refractivity contribution is 7.89. The minimum absolute atomic E-state index is 0.0631. The molecule has 2 fully saturated rings. The summed E-state index contributed by atoms with van der Waals surface area (Å²) in [6, 6.07) is 0. The van der Waals surface area contributed by atoms with Crippen LogP contribution in [-0.4, -0.2) is 40.1 Å². The molecule has 2 N–H and O–H groups in total. The third-order valence-electron chi connectivity index (χ3n) is 2.76. The third-order valence-corrected chi connectivity index (χ3v) is 3.53. The van der Waals surface area contributed by atoms with E-state index in [1.807, 2.05) is 0 Å². The first-order valence-electron chi connectivity index (χ1n) is 4.22. The molecule has 2 aliphatic heterocycles. The van der Waals surface area contributed by atoms with Crippen LogP contribution in [0, 0.1) is 5.41 Å². The highest BCUT2D eigenvalue weighted by atomic mass is 32.2. The quantitative estimate of drug-likeness (QED) is 0.635. The Morgan fingerprint density at radius 2 is 2.15 bits per heavy atom. The summed E-state index contributed by atoms with van der Waals surface area (Å²) in [5.41, 5.74) is -0.0631. The molecule has 0 aromatic rings. The minimum Gasteiger partial charge on any atom is -0.380 e. The van der Waals surface area contributed by atoms with E-state index in [0.717, 1.165) is 6.42 Å². The van der Waals surface area contributed by atoms with Gasteiger partial charge in [-0.2, -0.15) is 0 Å². The van der Waals surface area contributed by atoms with Crippen molar-refractivity contribution in [2.75, 3.05) is 25.6 Å². The molecule has 0 amide bonds. The van der Waals surface area contributed by atoms with Gasteiger partial charge in [-0.3, -0.25) is 0 Å². The van der Waals surface area contributed by atoms with Gasteiger partial charge in [-0.05, 0) is 6.42 Å². The Kier molecular flexibility index (Phi) is 2.10. The van der Waals surface area contributed by atoms with Crippen LogP contribution in [0.3, 0.4) is 0 Å². The van der Waals surface area contributed by atoms with E-state index in [1.165, 1.54) is 0 Å². The molecule has 1 spiro atoms. The normalized spacial score (nSPS) is 31.9. The lowest BCUT2D eigenvalue weighted by Gasteiger charge is -2.41. The molecule has 0 saturated carbocycles. The number of sulfonamides is 1. The highest BCUT2D eigenvalue weighted by Crippen LogP contribution is 2.41. The predicted octanol–water partition coefficient (Wildman–Crippen LogP) is -0.920. The van der Waals surface area contributed by atoms with Gasteiger partial charge in [-0.1, -0.05) is 0 Å². The van der Waals surface area contributed by atoms with Gasteiger partial charge < -0.3 is 9.47 Å². The lowest BCUT2D eigenvalue weighted by molar-refractivity contribution is -0.137. The van der Waals surface area contributed by atoms with Gasteiger partial charge in [0.15, 0.2) is 0 Å². The van der Waals surface area contributed by atoms with Crippen molar-refractivity contribution in [1.29, 1.82) is 0 Å². The molecule has 2 saturated heterocycles. The van der Waals surface area contributed by atoms with Crippen molar-refractivity contribution in [3.8, 4) is 0 Å². The molecule has 1 atom stereocenters. The third kappa shape index (κ3) is 1.71. The lowest BCUT2D eigenvalue weighted by atomic mass is 9.80. The molecule has 2 heterocycles. The number of rotatable bonds is 2. The van der Waals surface area contributed by atoms with Gasteiger partial charge in [0.25, 0.3) is 0 Å². The van der Waals surface area contributed by atoms with Crippen LogP contribution in [0.25, 0.3) is 0 Å². The number of nitrogens with two attached hydrogens (primary N) is 1. The number of ether oxygens (including phenoxy) is 2. The van der Waals surface area contributed by atoms with Crippen LogP contribution < -0.4 is 5.14 Å². The van der Waals surface area contributed by atoms with E-state index in [4.69, 9.17) is 14.6 Å². The molecule has 0 aliphatic carbocycles. The molecule has 1 unspecified atom stereocenters. The average molecular weight is 207 g/mol. The molecular weight excluding hydrogens is 194 g/mol. The maximum Gasteiger partial charge on any atom is 0.211 e. The fourth-order valence-electron chi connectivity index (χ4n) is 1.87. The number of hydrogen-bond donors (Lipinski definition) is 1. The Morgan fingerprint density at radius 3 is 2.62 bits per heavy atom. The largest absolute Gasteiger partial charge is 0.380 e. The fraction of sp³-hybridized carbons (Fsp3) is 1.00. The Hall–Kier alpha value is -0.170. The van der Waals surface area contributed by atoms with Crippen molar-refractivity contribution in [3.05, 3.63) is 0 Å². The van der Waals surface area contributed by atoms with Crippen molar-refractivity contribution >= 4 is 10.0 Å². The summed E-state index contributed by atoms with van der Waals surface area (Å²) in [7, 11) is -3.44. The molecule has 76 valence electrons.